The Hall–Kier alpha value is -0.900. The maximum atomic E-state index is 5.56. The van der Waals surface area contributed by atoms with Crippen LogP contribution >= 0.6 is 0 Å². The fourth-order valence-electron chi connectivity index (χ4n) is 2.31. The highest BCUT2D eigenvalue weighted by Crippen LogP contribution is 2.14. The highest BCUT2D eigenvalue weighted by molar-refractivity contribution is 5.24. The summed E-state index contributed by atoms with van der Waals surface area (Å²) in [5, 5.41) is 3.41. The molecule has 0 saturated heterocycles. The van der Waals surface area contributed by atoms with Gasteiger partial charge in [-0.3, -0.25) is 0 Å². The summed E-state index contributed by atoms with van der Waals surface area (Å²) < 4.78 is 11.1. The highest BCUT2D eigenvalue weighted by Gasteiger charge is 1.99. The molecule has 0 bridgehead atoms. The number of nitrogens with one attached hydrogen (secondary N) is 1. The van der Waals surface area contributed by atoms with E-state index in [2.05, 4.69) is 57.3 Å². The van der Waals surface area contributed by atoms with Gasteiger partial charge in [0, 0.05) is 19.7 Å². The molecular weight excluding hydrogens is 286 g/mol. The van der Waals surface area contributed by atoms with Crippen LogP contribution in [0.2, 0.25) is 0 Å². The van der Waals surface area contributed by atoms with Crippen LogP contribution in [0, 0.1) is 5.92 Å². The second-order valence-corrected chi connectivity index (χ2v) is 6.83. The molecule has 0 aliphatic heterocycles. The minimum Gasteiger partial charge on any atom is -0.379 e. The third-order valence-electron chi connectivity index (χ3n) is 3.84. The lowest BCUT2D eigenvalue weighted by Gasteiger charge is -2.09. The van der Waals surface area contributed by atoms with Crippen molar-refractivity contribution in [2.45, 2.75) is 53.0 Å². The van der Waals surface area contributed by atoms with Crippen LogP contribution in [0.15, 0.2) is 24.3 Å². The molecule has 132 valence electrons. The molecule has 0 fully saturated rings. The molecule has 0 radical (unpaired) electrons. The first kappa shape index (κ1) is 20.1. The number of hydrogen-bond acceptors (Lipinski definition) is 3. The van der Waals surface area contributed by atoms with E-state index in [0.29, 0.717) is 19.1 Å². The van der Waals surface area contributed by atoms with Crippen LogP contribution in [0.5, 0.6) is 0 Å². The molecule has 0 aromatic heterocycles. The predicted molar refractivity (Wildman–Crippen MR) is 97.9 cm³/mol. The van der Waals surface area contributed by atoms with E-state index < -0.39 is 0 Å². The number of hydrogen-bond donors (Lipinski definition) is 1. The average molecular weight is 322 g/mol. The van der Waals surface area contributed by atoms with E-state index in [4.69, 9.17) is 9.47 Å². The Balaban J connectivity index is 1.91. The van der Waals surface area contributed by atoms with Gasteiger partial charge in [-0.2, -0.15) is 0 Å². The van der Waals surface area contributed by atoms with Crippen LogP contribution in [0.25, 0.3) is 0 Å². The normalized spacial score (nSPS) is 11.6. The van der Waals surface area contributed by atoms with Crippen molar-refractivity contribution in [2.24, 2.45) is 5.92 Å². The molecule has 0 aliphatic carbocycles. The molecule has 3 nitrogen and oxygen atoms in total. The topological polar surface area (TPSA) is 30.5 Å². The first-order valence-electron chi connectivity index (χ1n) is 9.04. The van der Waals surface area contributed by atoms with Crippen molar-refractivity contribution in [3.63, 3.8) is 0 Å². The first-order chi connectivity index (χ1) is 11.1. The molecule has 0 aliphatic rings. The number of ether oxygens (including phenoxy) is 2. The van der Waals surface area contributed by atoms with Crippen molar-refractivity contribution in [1.82, 2.24) is 5.32 Å². The van der Waals surface area contributed by atoms with Crippen molar-refractivity contribution >= 4 is 0 Å². The Labute approximate surface area is 142 Å². The van der Waals surface area contributed by atoms with Gasteiger partial charge >= 0.3 is 0 Å². The molecular formula is C20H35NO2. The summed E-state index contributed by atoms with van der Waals surface area (Å²) in [5.74, 6) is 1.36. The maximum Gasteiger partial charge on any atom is 0.0701 e. The summed E-state index contributed by atoms with van der Waals surface area (Å²) >= 11 is 0. The minimum absolute atomic E-state index is 0.595. The average Bonchev–Trinajstić information content (AvgIpc) is 2.52. The standard InChI is InChI=1S/C20H35NO2/c1-17(2)6-5-12-22-14-15-23-13-11-21-16-19-7-9-20(10-8-19)18(3)4/h7-10,17-18,21H,5-6,11-16H2,1-4H3. The van der Waals surface area contributed by atoms with Gasteiger partial charge in [0.2, 0.25) is 0 Å². The minimum atomic E-state index is 0.595. The molecule has 1 aromatic rings. The van der Waals surface area contributed by atoms with Crippen molar-refractivity contribution in [3.8, 4) is 0 Å². The Morgan fingerprint density at radius 1 is 0.870 bits per heavy atom. The monoisotopic (exact) mass is 321 g/mol. The zero-order valence-electron chi connectivity index (χ0n) is 15.4. The van der Waals surface area contributed by atoms with Crippen molar-refractivity contribution in [2.75, 3.05) is 33.0 Å². The van der Waals surface area contributed by atoms with Crippen LogP contribution in [0.4, 0.5) is 0 Å². The quantitative estimate of drug-likeness (QED) is 0.547. The Morgan fingerprint density at radius 2 is 1.52 bits per heavy atom. The van der Waals surface area contributed by atoms with Gasteiger partial charge in [0.1, 0.15) is 0 Å². The number of rotatable bonds is 13. The third kappa shape index (κ3) is 10.5. The zero-order valence-corrected chi connectivity index (χ0v) is 15.4. The number of benzene rings is 1. The van der Waals surface area contributed by atoms with Gasteiger partial charge in [-0.05, 0) is 35.8 Å². The molecule has 0 amide bonds. The fourth-order valence-corrected chi connectivity index (χ4v) is 2.31. The van der Waals surface area contributed by atoms with E-state index in [1.807, 2.05) is 0 Å². The van der Waals surface area contributed by atoms with Crippen LogP contribution < -0.4 is 5.32 Å². The van der Waals surface area contributed by atoms with Crippen molar-refractivity contribution < 1.29 is 9.47 Å². The molecule has 0 unspecified atom stereocenters. The molecule has 0 heterocycles. The lowest BCUT2D eigenvalue weighted by molar-refractivity contribution is 0.0466. The van der Waals surface area contributed by atoms with Crippen LogP contribution in [-0.2, 0) is 16.0 Å². The van der Waals surface area contributed by atoms with Gasteiger partial charge in [0.25, 0.3) is 0 Å². The zero-order chi connectivity index (χ0) is 16.9. The fraction of sp³-hybridized carbons (Fsp3) is 0.700. The first-order valence-corrected chi connectivity index (χ1v) is 9.04. The molecule has 23 heavy (non-hydrogen) atoms. The lowest BCUT2D eigenvalue weighted by atomic mass is 10.0. The molecule has 1 N–H and O–H groups in total. The van der Waals surface area contributed by atoms with E-state index in [9.17, 15) is 0 Å². The summed E-state index contributed by atoms with van der Waals surface area (Å²) in [6.07, 6.45) is 2.39. The molecule has 1 rings (SSSR count). The van der Waals surface area contributed by atoms with Gasteiger partial charge in [-0.1, -0.05) is 52.0 Å². The summed E-state index contributed by atoms with van der Waals surface area (Å²) in [6.45, 7) is 13.7. The summed E-state index contributed by atoms with van der Waals surface area (Å²) in [5.41, 5.74) is 2.72. The van der Waals surface area contributed by atoms with E-state index in [0.717, 1.165) is 38.6 Å². The van der Waals surface area contributed by atoms with Gasteiger partial charge in [0.15, 0.2) is 0 Å². The summed E-state index contributed by atoms with van der Waals surface area (Å²) in [7, 11) is 0. The Bertz CT molecular complexity index is 387. The molecule has 0 saturated carbocycles. The van der Waals surface area contributed by atoms with Crippen LogP contribution in [0.1, 0.15) is 57.6 Å². The molecule has 0 spiro atoms. The van der Waals surface area contributed by atoms with Gasteiger partial charge < -0.3 is 14.8 Å². The van der Waals surface area contributed by atoms with Crippen LogP contribution in [0.3, 0.4) is 0 Å². The van der Waals surface area contributed by atoms with E-state index in [1.54, 1.807) is 0 Å². The Morgan fingerprint density at radius 3 is 2.13 bits per heavy atom. The third-order valence-corrected chi connectivity index (χ3v) is 3.84. The lowest BCUT2D eigenvalue weighted by Crippen LogP contribution is -2.20. The van der Waals surface area contributed by atoms with Gasteiger partial charge in [-0.25, -0.2) is 0 Å². The smallest absolute Gasteiger partial charge is 0.0701 e. The highest BCUT2D eigenvalue weighted by atomic mass is 16.5. The van der Waals surface area contributed by atoms with E-state index >= 15 is 0 Å². The molecule has 3 heteroatoms. The molecule has 0 atom stereocenters. The Kier molecular flexibility index (Phi) is 11.0. The van der Waals surface area contributed by atoms with Crippen LogP contribution in [-0.4, -0.2) is 33.0 Å². The summed E-state index contributed by atoms with van der Waals surface area (Å²) in [4.78, 5) is 0. The van der Waals surface area contributed by atoms with Crippen molar-refractivity contribution in [1.29, 1.82) is 0 Å². The second kappa shape index (κ2) is 12.5. The second-order valence-electron chi connectivity index (χ2n) is 6.83. The van der Waals surface area contributed by atoms with Crippen molar-refractivity contribution in [3.05, 3.63) is 35.4 Å². The van der Waals surface area contributed by atoms with E-state index in [1.165, 1.54) is 17.5 Å². The van der Waals surface area contributed by atoms with E-state index in [-0.39, 0.29) is 0 Å². The molecule has 1 aromatic carbocycles. The SMILES string of the molecule is CC(C)CCCOCCOCCNCc1ccc(C(C)C)cc1. The predicted octanol–water partition coefficient (Wildman–Crippen LogP) is 4.37. The summed E-state index contributed by atoms with van der Waals surface area (Å²) in [6, 6.07) is 8.84. The maximum absolute atomic E-state index is 5.56. The van der Waals surface area contributed by atoms with Gasteiger partial charge in [0.05, 0.1) is 19.8 Å². The largest absolute Gasteiger partial charge is 0.379 e. The van der Waals surface area contributed by atoms with Gasteiger partial charge in [-0.15, -0.1) is 0 Å².